The first-order valence-electron chi connectivity index (χ1n) is 6.46. The van der Waals surface area contributed by atoms with E-state index in [2.05, 4.69) is 5.32 Å². The molecule has 0 radical (unpaired) electrons. The number of nitrogens with one attached hydrogen (secondary N) is 1. The zero-order valence-electron chi connectivity index (χ0n) is 12.5. The zero-order chi connectivity index (χ0) is 18.2. The Labute approximate surface area is 132 Å². The number of halogens is 4. The fourth-order valence-corrected chi connectivity index (χ4v) is 2.10. The van der Waals surface area contributed by atoms with E-state index in [1.807, 2.05) is 0 Å². The van der Waals surface area contributed by atoms with Crippen LogP contribution in [0.15, 0.2) is 15.7 Å². The Balaban J connectivity index is 2.55. The van der Waals surface area contributed by atoms with E-state index in [1.54, 1.807) is 6.07 Å². The van der Waals surface area contributed by atoms with Crippen LogP contribution in [0.2, 0.25) is 0 Å². The second kappa shape index (κ2) is 6.19. The second-order valence-corrected chi connectivity index (χ2v) is 4.84. The fraction of sp³-hybridized carbons (Fsp3) is 0.214. The highest BCUT2D eigenvalue weighted by atomic mass is 19.2. The minimum absolute atomic E-state index is 0.0584. The van der Waals surface area contributed by atoms with Crippen LogP contribution in [0.4, 0.5) is 23.4 Å². The van der Waals surface area contributed by atoms with Crippen LogP contribution in [0.5, 0.6) is 0 Å². The molecular weight excluding hydrogens is 332 g/mol. The molecule has 2 rings (SSSR count). The topological polar surface area (TPSA) is 79.8 Å². The fourth-order valence-electron chi connectivity index (χ4n) is 2.10. The lowest BCUT2D eigenvalue weighted by Gasteiger charge is -2.14. The lowest BCUT2D eigenvalue weighted by molar-refractivity contribution is 0.441. The van der Waals surface area contributed by atoms with E-state index >= 15 is 0 Å². The molecule has 126 valence electrons. The van der Waals surface area contributed by atoms with E-state index in [0.717, 1.165) is 11.6 Å². The van der Waals surface area contributed by atoms with E-state index in [0.29, 0.717) is 4.57 Å². The van der Waals surface area contributed by atoms with Crippen molar-refractivity contribution in [2.45, 2.75) is 6.54 Å². The monoisotopic (exact) mass is 342 g/mol. The molecule has 0 aliphatic carbocycles. The summed E-state index contributed by atoms with van der Waals surface area (Å²) in [5.74, 6) is -6.75. The van der Waals surface area contributed by atoms with Crippen LogP contribution in [0.25, 0.3) is 0 Å². The largest absolute Gasteiger partial charge is 0.366 e. The van der Waals surface area contributed by atoms with Crippen molar-refractivity contribution in [1.82, 2.24) is 9.13 Å². The molecule has 0 aliphatic heterocycles. The molecule has 0 bridgehead atoms. The quantitative estimate of drug-likeness (QED) is 0.670. The number of benzene rings is 1. The first kappa shape index (κ1) is 17.3. The molecule has 1 aromatic heterocycles. The standard InChI is InChI=1S/C14H10F4N4O2/c1-21-12(6(4-19)13(23)22(2)14(21)24)20-5-7-10(17)8(15)3-9(16)11(7)18/h3,20H,5H2,1-2H3. The summed E-state index contributed by atoms with van der Waals surface area (Å²) in [6.45, 7) is -0.790. The van der Waals surface area contributed by atoms with Gasteiger partial charge < -0.3 is 5.32 Å². The van der Waals surface area contributed by atoms with Crippen molar-refractivity contribution in [3.05, 3.63) is 61.3 Å². The van der Waals surface area contributed by atoms with Crippen LogP contribution >= 0.6 is 0 Å². The molecule has 6 nitrogen and oxygen atoms in total. The molecule has 1 heterocycles. The first-order chi connectivity index (χ1) is 11.2. The van der Waals surface area contributed by atoms with Crippen LogP contribution in [0, 0.1) is 34.6 Å². The normalized spacial score (nSPS) is 10.5. The van der Waals surface area contributed by atoms with Crippen LogP contribution < -0.4 is 16.6 Å². The molecule has 1 aromatic carbocycles. The van der Waals surface area contributed by atoms with E-state index in [4.69, 9.17) is 5.26 Å². The summed E-state index contributed by atoms with van der Waals surface area (Å²) in [7, 11) is 2.36. The Hall–Kier alpha value is -3.09. The maximum absolute atomic E-state index is 13.6. The summed E-state index contributed by atoms with van der Waals surface area (Å²) in [5, 5.41) is 11.4. The third-order valence-corrected chi connectivity index (χ3v) is 3.41. The van der Waals surface area contributed by atoms with Gasteiger partial charge >= 0.3 is 5.69 Å². The van der Waals surface area contributed by atoms with Gasteiger partial charge in [0, 0.05) is 32.3 Å². The van der Waals surface area contributed by atoms with E-state index in [1.165, 1.54) is 7.05 Å². The van der Waals surface area contributed by atoms with Gasteiger partial charge in [0.2, 0.25) is 0 Å². The molecule has 0 unspecified atom stereocenters. The molecule has 2 aromatic rings. The minimum Gasteiger partial charge on any atom is -0.366 e. The average molecular weight is 342 g/mol. The third-order valence-electron chi connectivity index (χ3n) is 3.41. The highest BCUT2D eigenvalue weighted by molar-refractivity contribution is 5.51. The number of hydrogen-bond donors (Lipinski definition) is 1. The Kier molecular flexibility index (Phi) is 4.45. The molecule has 0 fully saturated rings. The van der Waals surface area contributed by atoms with Crippen molar-refractivity contribution >= 4 is 5.82 Å². The Morgan fingerprint density at radius 2 is 1.62 bits per heavy atom. The Bertz CT molecular complexity index is 962. The van der Waals surface area contributed by atoms with Crippen molar-refractivity contribution in [2.75, 3.05) is 5.32 Å². The van der Waals surface area contributed by atoms with Crippen molar-refractivity contribution < 1.29 is 17.6 Å². The van der Waals surface area contributed by atoms with Gasteiger partial charge in [0.1, 0.15) is 11.9 Å². The molecule has 0 saturated carbocycles. The first-order valence-corrected chi connectivity index (χ1v) is 6.46. The summed E-state index contributed by atoms with van der Waals surface area (Å²) in [5.41, 5.74) is -3.18. The number of anilines is 1. The maximum atomic E-state index is 13.6. The van der Waals surface area contributed by atoms with Crippen LogP contribution in [0.3, 0.4) is 0 Å². The van der Waals surface area contributed by atoms with Gasteiger partial charge in [-0.1, -0.05) is 0 Å². The lowest BCUT2D eigenvalue weighted by atomic mass is 10.1. The lowest BCUT2D eigenvalue weighted by Crippen LogP contribution is -2.39. The molecule has 0 atom stereocenters. The minimum atomic E-state index is -1.62. The molecule has 0 amide bonds. The molecule has 1 N–H and O–H groups in total. The number of rotatable bonds is 3. The van der Waals surface area contributed by atoms with Gasteiger partial charge in [-0.3, -0.25) is 13.9 Å². The highest BCUT2D eigenvalue weighted by Crippen LogP contribution is 2.20. The molecular formula is C14H10F4N4O2. The summed E-state index contributed by atoms with van der Waals surface area (Å²) < 4.78 is 55.2. The predicted octanol–water partition coefficient (Wildman–Crippen LogP) is 1.12. The average Bonchev–Trinajstić information content (AvgIpc) is 2.55. The predicted molar refractivity (Wildman–Crippen MR) is 75.2 cm³/mol. The van der Waals surface area contributed by atoms with Crippen molar-refractivity contribution in [2.24, 2.45) is 14.1 Å². The second-order valence-electron chi connectivity index (χ2n) is 4.84. The SMILES string of the molecule is Cn1c(NCc2c(F)c(F)cc(F)c2F)c(C#N)c(=O)n(C)c1=O. The molecule has 0 saturated heterocycles. The molecule has 24 heavy (non-hydrogen) atoms. The molecule has 0 aliphatic rings. The highest BCUT2D eigenvalue weighted by Gasteiger charge is 2.21. The molecule has 10 heteroatoms. The van der Waals surface area contributed by atoms with Gasteiger partial charge in [-0.2, -0.15) is 5.26 Å². The Morgan fingerprint density at radius 1 is 1.08 bits per heavy atom. The van der Waals surface area contributed by atoms with E-state index < -0.39 is 52.2 Å². The van der Waals surface area contributed by atoms with Crippen molar-refractivity contribution in [3.63, 3.8) is 0 Å². The summed E-state index contributed by atoms with van der Waals surface area (Å²) >= 11 is 0. The Morgan fingerprint density at radius 3 is 2.12 bits per heavy atom. The third kappa shape index (κ3) is 2.64. The van der Waals surface area contributed by atoms with Gasteiger partial charge in [0.15, 0.2) is 28.8 Å². The smallest absolute Gasteiger partial charge is 0.332 e. The van der Waals surface area contributed by atoms with Gasteiger partial charge in [-0.05, 0) is 0 Å². The van der Waals surface area contributed by atoms with Crippen molar-refractivity contribution in [1.29, 1.82) is 5.26 Å². The molecule has 0 spiro atoms. The van der Waals surface area contributed by atoms with Crippen LogP contribution in [0.1, 0.15) is 11.1 Å². The zero-order valence-corrected chi connectivity index (χ0v) is 12.5. The summed E-state index contributed by atoms with van der Waals surface area (Å²) in [6, 6.07) is 1.63. The van der Waals surface area contributed by atoms with Crippen LogP contribution in [-0.4, -0.2) is 9.13 Å². The summed E-state index contributed by atoms with van der Waals surface area (Å²) in [6.07, 6.45) is 0. The van der Waals surface area contributed by atoms with Gasteiger partial charge in [0.25, 0.3) is 5.56 Å². The van der Waals surface area contributed by atoms with Gasteiger partial charge in [-0.25, -0.2) is 22.4 Å². The summed E-state index contributed by atoms with van der Waals surface area (Å²) in [4.78, 5) is 23.7. The van der Waals surface area contributed by atoms with Gasteiger partial charge in [-0.15, -0.1) is 0 Å². The number of nitrogens with zero attached hydrogens (tertiary/aromatic N) is 3. The van der Waals surface area contributed by atoms with Crippen molar-refractivity contribution in [3.8, 4) is 6.07 Å². The van der Waals surface area contributed by atoms with Crippen LogP contribution in [-0.2, 0) is 20.6 Å². The number of aromatic nitrogens is 2. The number of hydrogen-bond acceptors (Lipinski definition) is 4. The van der Waals surface area contributed by atoms with Gasteiger partial charge in [0.05, 0.1) is 0 Å². The number of nitriles is 1. The van der Waals surface area contributed by atoms with E-state index in [9.17, 15) is 27.2 Å². The maximum Gasteiger partial charge on any atom is 0.332 e. The van der Waals surface area contributed by atoms with E-state index in [-0.39, 0.29) is 11.9 Å².